The van der Waals surface area contributed by atoms with Crippen LogP contribution in [-0.4, -0.2) is 26.3 Å². The van der Waals surface area contributed by atoms with Gasteiger partial charge in [0.15, 0.2) is 5.65 Å². The zero-order valence-corrected chi connectivity index (χ0v) is 16.1. The highest BCUT2D eigenvalue weighted by Crippen LogP contribution is 2.31. The quantitative estimate of drug-likeness (QED) is 0.424. The molecule has 10 heteroatoms. The summed E-state index contributed by atoms with van der Waals surface area (Å²) in [5.74, 6) is 0.260. The van der Waals surface area contributed by atoms with Gasteiger partial charge in [0.2, 0.25) is 5.95 Å². The van der Waals surface area contributed by atoms with E-state index in [9.17, 15) is 13.2 Å². The molecule has 2 aromatic heterocycles. The average molecular weight is 430 g/mol. The third-order valence-corrected chi connectivity index (χ3v) is 4.61. The maximum atomic E-state index is 12.9. The summed E-state index contributed by atoms with van der Waals surface area (Å²) in [5, 5.41) is 10.1. The van der Waals surface area contributed by atoms with Crippen LogP contribution >= 0.6 is 0 Å². The Hall–Kier alpha value is -3.66. The summed E-state index contributed by atoms with van der Waals surface area (Å²) in [5.41, 5.74) is 6.65. The monoisotopic (exact) mass is 430 g/mol. The molecule has 1 atom stereocenters. The van der Waals surface area contributed by atoms with Gasteiger partial charge in [0.25, 0.3) is 0 Å². The second kappa shape index (κ2) is 8.23. The van der Waals surface area contributed by atoms with E-state index in [1.807, 2.05) is 30.3 Å². The Balaban J connectivity index is 1.66. The maximum absolute atomic E-state index is 12.9. The van der Waals surface area contributed by atoms with Gasteiger partial charge in [-0.3, -0.25) is 4.68 Å². The Labute approximate surface area is 180 Å². The van der Waals surface area contributed by atoms with E-state index in [2.05, 4.69) is 25.7 Å². The van der Waals surface area contributed by atoms with Crippen LogP contribution in [0.3, 0.4) is 0 Å². The largest absolute Gasteiger partial charge is 0.416 e. The van der Waals surface area contributed by atoms with Crippen molar-refractivity contribution in [2.24, 2.45) is 12.7 Å². The predicted molar refractivity (Wildman–Crippen MR) is 113 cm³/mol. The normalized spacial score (nSPS) is 14.5. The van der Waals surface area contributed by atoms with E-state index in [0.29, 0.717) is 5.69 Å². The number of nitrogens with one attached hydrogen (secondary N) is 2. The minimum atomic E-state index is -4.46. The van der Waals surface area contributed by atoms with Gasteiger partial charge in [-0.2, -0.15) is 28.2 Å². The summed E-state index contributed by atoms with van der Waals surface area (Å²) >= 11 is 0. The second-order valence-corrected chi connectivity index (χ2v) is 6.79. The summed E-state index contributed by atoms with van der Waals surface area (Å²) in [6, 6.07) is 13.3. The zero-order chi connectivity index (χ0) is 24.5. The Morgan fingerprint density at radius 1 is 1.10 bits per heavy atom. The van der Waals surface area contributed by atoms with Crippen molar-refractivity contribution in [2.45, 2.75) is 12.2 Å². The lowest BCUT2D eigenvalue weighted by molar-refractivity contribution is -0.137. The van der Waals surface area contributed by atoms with Crippen molar-refractivity contribution >= 4 is 28.5 Å². The van der Waals surface area contributed by atoms with Crippen molar-refractivity contribution in [2.75, 3.05) is 17.2 Å². The number of hydrogen-bond acceptors (Lipinski definition) is 6. The van der Waals surface area contributed by atoms with Crippen LogP contribution in [0.1, 0.15) is 21.3 Å². The SMILES string of the molecule is [2H]C([2H])([2H])n1ncc2c(Nc3ccc(C(F)(F)F)cc3)nc(NCC(N)c3ccccc3)nc21. The summed E-state index contributed by atoms with van der Waals surface area (Å²) < 4.78 is 62.5. The molecule has 0 amide bonds. The molecule has 0 aliphatic carbocycles. The van der Waals surface area contributed by atoms with Crippen LogP contribution in [0.15, 0.2) is 60.8 Å². The van der Waals surface area contributed by atoms with Gasteiger partial charge in [-0.15, -0.1) is 0 Å². The molecule has 2 aromatic carbocycles. The first-order valence-electron chi connectivity index (χ1n) is 10.8. The number of halogens is 3. The van der Waals surface area contributed by atoms with Gasteiger partial charge < -0.3 is 16.4 Å². The highest BCUT2D eigenvalue weighted by Gasteiger charge is 2.30. The molecule has 31 heavy (non-hydrogen) atoms. The number of aryl methyl sites for hydroxylation is 1. The molecule has 0 radical (unpaired) electrons. The lowest BCUT2D eigenvalue weighted by Gasteiger charge is -2.14. The third-order valence-electron chi connectivity index (χ3n) is 4.61. The molecule has 0 aliphatic rings. The Morgan fingerprint density at radius 3 is 2.52 bits per heavy atom. The number of nitrogens with zero attached hydrogens (tertiary/aromatic N) is 4. The minimum absolute atomic E-state index is 0.0280. The van der Waals surface area contributed by atoms with Crippen molar-refractivity contribution in [3.63, 3.8) is 0 Å². The van der Waals surface area contributed by atoms with E-state index >= 15 is 0 Å². The molecule has 0 aliphatic heterocycles. The summed E-state index contributed by atoms with van der Waals surface area (Å²) in [7, 11) is 0. The Kier molecular flexibility index (Phi) is 4.53. The fourth-order valence-electron chi connectivity index (χ4n) is 2.98. The fourth-order valence-corrected chi connectivity index (χ4v) is 2.98. The van der Waals surface area contributed by atoms with E-state index in [1.165, 1.54) is 18.3 Å². The van der Waals surface area contributed by atoms with Crippen LogP contribution in [0, 0.1) is 0 Å². The fraction of sp³-hybridized carbons (Fsp3) is 0.190. The molecule has 0 fully saturated rings. The molecule has 0 bridgehead atoms. The van der Waals surface area contributed by atoms with Gasteiger partial charge in [-0.05, 0) is 29.8 Å². The first-order chi connectivity index (χ1) is 16.0. The minimum Gasteiger partial charge on any atom is -0.352 e. The molecular weight excluding hydrogens is 407 g/mol. The van der Waals surface area contributed by atoms with Crippen LogP contribution in [0.5, 0.6) is 0 Å². The van der Waals surface area contributed by atoms with Crippen molar-refractivity contribution < 1.29 is 17.3 Å². The average Bonchev–Trinajstić information content (AvgIpc) is 3.23. The van der Waals surface area contributed by atoms with E-state index in [4.69, 9.17) is 9.85 Å². The number of hydrogen-bond donors (Lipinski definition) is 3. The topological polar surface area (TPSA) is 93.7 Å². The number of fused-ring (bicyclic) bond motifs is 1. The van der Waals surface area contributed by atoms with Gasteiger partial charge in [-0.25, -0.2) is 0 Å². The molecule has 7 nitrogen and oxygen atoms in total. The molecule has 2 heterocycles. The molecule has 4 aromatic rings. The number of alkyl halides is 3. The highest BCUT2D eigenvalue weighted by atomic mass is 19.4. The van der Waals surface area contributed by atoms with E-state index in [-0.39, 0.29) is 35.4 Å². The molecule has 0 saturated carbocycles. The van der Waals surface area contributed by atoms with Crippen molar-refractivity contribution in [1.82, 2.24) is 19.7 Å². The van der Waals surface area contributed by atoms with Crippen LogP contribution in [0.25, 0.3) is 11.0 Å². The smallest absolute Gasteiger partial charge is 0.352 e. The van der Waals surface area contributed by atoms with E-state index in [0.717, 1.165) is 22.4 Å². The predicted octanol–water partition coefficient (Wildman–Crippen LogP) is 4.24. The number of benzene rings is 2. The van der Waals surface area contributed by atoms with Gasteiger partial charge in [0, 0.05) is 29.4 Å². The lowest BCUT2D eigenvalue weighted by Crippen LogP contribution is -2.21. The van der Waals surface area contributed by atoms with Crippen molar-refractivity contribution in [3.05, 3.63) is 71.9 Å². The lowest BCUT2D eigenvalue weighted by atomic mass is 10.1. The number of rotatable bonds is 6. The van der Waals surface area contributed by atoms with Crippen LogP contribution in [-0.2, 0) is 13.2 Å². The molecule has 160 valence electrons. The van der Waals surface area contributed by atoms with Crippen LogP contribution in [0.2, 0.25) is 0 Å². The van der Waals surface area contributed by atoms with Crippen LogP contribution in [0.4, 0.5) is 30.6 Å². The summed E-state index contributed by atoms with van der Waals surface area (Å²) in [4.78, 5) is 8.67. The molecule has 4 rings (SSSR count). The molecule has 0 spiro atoms. The Bertz CT molecular complexity index is 1270. The van der Waals surface area contributed by atoms with E-state index in [1.54, 1.807) is 0 Å². The highest BCUT2D eigenvalue weighted by molar-refractivity contribution is 5.89. The van der Waals surface area contributed by atoms with Crippen molar-refractivity contribution in [1.29, 1.82) is 0 Å². The molecule has 1 unspecified atom stereocenters. The Morgan fingerprint density at radius 2 is 1.84 bits per heavy atom. The zero-order valence-electron chi connectivity index (χ0n) is 19.1. The third kappa shape index (κ3) is 4.58. The molecule has 4 N–H and O–H groups in total. The number of aromatic nitrogens is 4. The first-order valence-corrected chi connectivity index (χ1v) is 9.27. The first kappa shape index (κ1) is 17.1. The van der Waals surface area contributed by atoms with Gasteiger partial charge in [-0.1, -0.05) is 30.3 Å². The number of nitrogens with two attached hydrogens (primary N) is 1. The second-order valence-electron chi connectivity index (χ2n) is 6.79. The van der Waals surface area contributed by atoms with E-state index < -0.39 is 18.7 Å². The van der Waals surface area contributed by atoms with Gasteiger partial charge in [0.05, 0.1) is 17.1 Å². The van der Waals surface area contributed by atoms with Crippen molar-refractivity contribution in [3.8, 4) is 0 Å². The van der Waals surface area contributed by atoms with Gasteiger partial charge in [0.1, 0.15) is 5.82 Å². The van der Waals surface area contributed by atoms with Crippen LogP contribution < -0.4 is 16.4 Å². The summed E-state index contributed by atoms with van der Waals surface area (Å²) in [6.45, 7) is -2.35. The standard InChI is InChI=1S/C21H20F3N7/c1-31-19-16(11-27-31)18(28-15-9-7-14(8-10-15)21(22,23)24)29-20(30-19)26-12-17(25)13-5-3-2-4-6-13/h2-11,17H,12,25H2,1H3,(H2,26,28,29,30)/i1D3. The molecular formula is C21H20F3N7. The molecule has 0 saturated heterocycles. The summed E-state index contributed by atoms with van der Waals surface area (Å²) in [6.07, 6.45) is -3.18. The van der Waals surface area contributed by atoms with Gasteiger partial charge >= 0.3 is 6.18 Å². The maximum Gasteiger partial charge on any atom is 0.416 e. The number of anilines is 3.